The van der Waals surface area contributed by atoms with Crippen molar-refractivity contribution < 1.29 is 0 Å². The Labute approximate surface area is 86.8 Å². The predicted molar refractivity (Wildman–Crippen MR) is 59.3 cm³/mol. The number of halogens is 1. The van der Waals surface area contributed by atoms with E-state index < -0.39 is 0 Å². The lowest BCUT2D eigenvalue weighted by molar-refractivity contribution is 0.860. The summed E-state index contributed by atoms with van der Waals surface area (Å²) in [5, 5.41) is 0. The largest absolute Gasteiger partial charge is 0.322 e. The van der Waals surface area contributed by atoms with Crippen molar-refractivity contribution in [2.45, 2.75) is 18.4 Å². The van der Waals surface area contributed by atoms with Crippen molar-refractivity contribution in [1.82, 2.24) is 0 Å². The predicted octanol–water partition coefficient (Wildman–Crippen LogP) is 2.95. The molecule has 0 aromatic heterocycles. The molecule has 0 radical (unpaired) electrons. The Morgan fingerprint density at radius 2 is 2.15 bits per heavy atom. The quantitative estimate of drug-likeness (QED) is 0.842. The highest BCUT2D eigenvalue weighted by Gasteiger charge is 2.34. The lowest BCUT2D eigenvalue weighted by atomic mass is 10.1. The van der Waals surface area contributed by atoms with Crippen molar-refractivity contribution in [3.8, 4) is 0 Å². The monoisotopic (exact) mass is 237 g/mol. The SMILES string of the molecule is NC1(/C=C/c2cccc(Br)c2)CC1. The summed E-state index contributed by atoms with van der Waals surface area (Å²) in [6.07, 6.45) is 6.45. The molecule has 13 heavy (non-hydrogen) atoms. The molecule has 0 heterocycles. The highest BCUT2D eigenvalue weighted by atomic mass is 79.9. The van der Waals surface area contributed by atoms with E-state index in [1.54, 1.807) is 0 Å². The molecule has 1 saturated carbocycles. The van der Waals surface area contributed by atoms with E-state index in [1.807, 2.05) is 12.1 Å². The van der Waals surface area contributed by atoms with Gasteiger partial charge in [0.1, 0.15) is 0 Å². The van der Waals surface area contributed by atoms with E-state index in [2.05, 4.69) is 40.2 Å². The number of rotatable bonds is 2. The van der Waals surface area contributed by atoms with Crippen LogP contribution in [0.3, 0.4) is 0 Å². The smallest absolute Gasteiger partial charge is 0.0343 e. The average molecular weight is 238 g/mol. The molecular weight excluding hydrogens is 226 g/mol. The van der Waals surface area contributed by atoms with Gasteiger partial charge >= 0.3 is 0 Å². The fourth-order valence-electron chi connectivity index (χ4n) is 1.18. The molecule has 1 fully saturated rings. The Kier molecular flexibility index (Phi) is 2.26. The number of nitrogens with two attached hydrogens (primary N) is 1. The standard InChI is InChI=1S/C11H12BrN/c12-10-3-1-2-9(8-10)4-5-11(13)6-7-11/h1-5,8H,6-7,13H2/b5-4+. The van der Waals surface area contributed by atoms with Gasteiger partial charge in [0, 0.05) is 10.0 Å². The highest BCUT2D eigenvalue weighted by Crippen LogP contribution is 2.34. The third-order valence-corrected chi connectivity index (χ3v) is 2.78. The first-order valence-electron chi connectivity index (χ1n) is 4.42. The first kappa shape index (κ1) is 8.97. The maximum atomic E-state index is 5.93. The minimum Gasteiger partial charge on any atom is -0.322 e. The van der Waals surface area contributed by atoms with Crippen LogP contribution in [0.15, 0.2) is 34.8 Å². The van der Waals surface area contributed by atoms with Gasteiger partial charge in [-0.3, -0.25) is 0 Å². The van der Waals surface area contributed by atoms with Crippen LogP contribution in [0.4, 0.5) is 0 Å². The summed E-state index contributed by atoms with van der Waals surface area (Å²) in [4.78, 5) is 0. The first-order chi connectivity index (χ1) is 6.18. The lowest BCUT2D eigenvalue weighted by Gasteiger charge is -1.99. The van der Waals surface area contributed by atoms with E-state index in [-0.39, 0.29) is 5.54 Å². The molecule has 0 spiro atoms. The third-order valence-electron chi connectivity index (χ3n) is 2.28. The zero-order valence-electron chi connectivity index (χ0n) is 7.33. The lowest BCUT2D eigenvalue weighted by Crippen LogP contribution is -2.17. The molecule has 2 N–H and O–H groups in total. The Morgan fingerprint density at radius 3 is 2.77 bits per heavy atom. The molecule has 0 unspecified atom stereocenters. The molecule has 2 heteroatoms. The summed E-state index contributed by atoms with van der Waals surface area (Å²) in [6, 6.07) is 8.21. The van der Waals surface area contributed by atoms with Gasteiger partial charge in [0.25, 0.3) is 0 Å². The second-order valence-corrected chi connectivity index (χ2v) is 4.54. The van der Waals surface area contributed by atoms with Crippen LogP contribution in [0.25, 0.3) is 6.08 Å². The summed E-state index contributed by atoms with van der Waals surface area (Å²) in [5.41, 5.74) is 7.14. The van der Waals surface area contributed by atoms with Gasteiger partial charge in [-0.2, -0.15) is 0 Å². The normalized spacial score (nSPS) is 19.2. The van der Waals surface area contributed by atoms with Gasteiger partial charge in [0.2, 0.25) is 0 Å². The van der Waals surface area contributed by atoms with Crippen LogP contribution in [0, 0.1) is 0 Å². The van der Waals surface area contributed by atoms with Crippen LogP contribution in [-0.2, 0) is 0 Å². The summed E-state index contributed by atoms with van der Waals surface area (Å²) < 4.78 is 1.11. The van der Waals surface area contributed by atoms with Crippen LogP contribution in [0.2, 0.25) is 0 Å². The van der Waals surface area contributed by atoms with Crippen molar-refractivity contribution >= 4 is 22.0 Å². The molecule has 2 rings (SSSR count). The van der Waals surface area contributed by atoms with Crippen molar-refractivity contribution in [3.05, 3.63) is 40.4 Å². The molecule has 1 aromatic carbocycles. The maximum absolute atomic E-state index is 5.93. The zero-order chi connectivity index (χ0) is 9.31. The fraction of sp³-hybridized carbons (Fsp3) is 0.273. The Hall–Kier alpha value is -0.600. The van der Waals surface area contributed by atoms with Crippen LogP contribution in [-0.4, -0.2) is 5.54 Å². The first-order valence-corrected chi connectivity index (χ1v) is 5.21. The molecule has 1 nitrogen and oxygen atoms in total. The second-order valence-electron chi connectivity index (χ2n) is 3.62. The number of hydrogen-bond acceptors (Lipinski definition) is 1. The molecule has 1 aliphatic carbocycles. The van der Waals surface area contributed by atoms with Gasteiger partial charge < -0.3 is 5.73 Å². The van der Waals surface area contributed by atoms with Crippen LogP contribution in [0.5, 0.6) is 0 Å². The number of benzene rings is 1. The minimum atomic E-state index is 0.00230. The van der Waals surface area contributed by atoms with E-state index in [0.29, 0.717) is 0 Å². The molecule has 1 aromatic rings. The van der Waals surface area contributed by atoms with Crippen LogP contribution in [0.1, 0.15) is 18.4 Å². The number of hydrogen-bond donors (Lipinski definition) is 1. The Bertz CT molecular complexity index is 340. The van der Waals surface area contributed by atoms with Gasteiger partial charge in [0.15, 0.2) is 0 Å². The molecule has 0 atom stereocenters. The van der Waals surface area contributed by atoms with Gasteiger partial charge in [-0.25, -0.2) is 0 Å². The van der Waals surface area contributed by atoms with E-state index in [9.17, 15) is 0 Å². The van der Waals surface area contributed by atoms with E-state index in [4.69, 9.17) is 5.73 Å². The molecule has 0 amide bonds. The molecule has 0 aliphatic heterocycles. The van der Waals surface area contributed by atoms with Crippen molar-refractivity contribution in [3.63, 3.8) is 0 Å². The summed E-state index contributed by atoms with van der Waals surface area (Å²) >= 11 is 3.43. The zero-order valence-corrected chi connectivity index (χ0v) is 8.92. The summed E-state index contributed by atoms with van der Waals surface area (Å²) in [5.74, 6) is 0. The topological polar surface area (TPSA) is 26.0 Å². The summed E-state index contributed by atoms with van der Waals surface area (Å²) in [6.45, 7) is 0. The molecule has 0 saturated heterocycles. The van der Waals surface area contributed by atoms with Crippen molar-refractivity contribution in [2.75, 3.05) is 0 Å². The molecule has 1 aliphatic rings. The Morgan fingerprint density at radius 1 is 1.38 bits per heavy atom. The third kappa shape index (κ3) is 2.42. The van der Waals surface area contributed by atoms with E-state index in [1.165, 1.54) is 5.56 Å². The summed E-state index contributed by atoms with van der Waals surface area (Å²) in [7, 11) is 0. The molecular formula is C11H12BrN. The van der Waals surface area contributed by atoms with E-state index in [0.717, 1.165) is 17.3 Å². The van der Waals surface area contributed by atoms with Crippen molar-refractivity contribution in [2.24, 2.45) is 5.73 Å². The van der Waals surface area contributed by atoms with Gasteiger partial charge in [-0.15, -0.1) is 0 Å². The van der Waals surface area contributed by atoms with Crippen LogP contribution >= 0.6 is 15.9 Å². The van der Waals surface area contributed by atoms with Crippen LogP contribution < -0.4 is 5.73 Å². The van der Waals surface area contributed by atoms with Gasteiger partial charge in [0.05, 0.1) is 0 Å². The maximum Gasteiger partial charge on any atom is 0.0343 e. The van der Waals surface area contributed by atoms with Gasteiger partial charge in [-0.05, 0) is 30.5 Å². The molecule has 0 bridgehead atoms. The molecule has 68 valence electrons. The second kappa shape index (κ2) is 3.28. The fourth-order valence-corrected chi connectivity index (χ4v) is 1.60. The minimum absolute atomic E-state index is 0.00230. The highest BCUT2D eigenvalue weighted by molar-refractivity contribution is 9.10. The van der Waals surface area contributed by atoms with E-state index >= 15 is 0 Å². The van der Waals surface area contributed by atoms with Crippen molar-refractivity contribution in [1.29, 1.82) is 0 Å². The Balaban J connectivity index is 2.13. The van der Waals surface area contributed by atoms with Gasteiger partial charge in [-0.1, -0.05) is 40.2 Å². The average Bonchev–Trinajstić information content (AvgIpc) is 2.82.